The molecule has 0 saturated carbocycles. The van der Waals surface area contributed by atoms with E-state index in [0.717, 1.165) is 17.0 Å². The molecule has 11 heavy (non-hydrogen) atoms. The van der Waals surface area contributed by atoms with Crippen molar-refractivity contribution in [3.8, 4) is 11.4 Å². The molecule has 0 aliphatic carbocycles. The topological polar surface area (TPSA) is 57.4 Å². The predicted octanol–water partition coefficient (Wildman–Crippen LogP) is 1.11. The van der Waals surface area contributed by atoms with Crippen molar-refractivity contribution in [2.75, 3.05) is 0 Å². The number of aromatic nitrogens is 4. The van der Waals surface area contributed by atoms with Gasteiger partial charge in [0, 0.05) is 6.20 Å². The molecule has 2 aromatic rings. The first kappa shape index (κ1) is 6.15. The number of hydrogen-bond acceptors (Lipinski definition) is 2. The number of hydrogen-bond donors (Lipinski definition) is 2. The third-order valence-corrected chi connectivity index (χ3v) is 1.60. The molecule has 2 N–H and O–H groups in total. The maximum absolute atomic E-state index is 3.90. The normalized spacial score (nSPS) is 10.3. The molecule has 4 heteroatoms. The zero-order chi connectivity index (χ0) is 7.68. The summed E-state index contributed by atoms with van der Waals surface area (Å²) in [5.41, 5.74) is 3.09. The quantitative estimate of drug-likeness (QED) is 0.636. The van der Waals surface area contributed by atoms with Crippen molar-refractivity contribution in [1.29, 1.82) is 0 Å². The zero-order valence-electron chi connectivity index (χ0n) is 6.13. The molecular weight excluding hydrogens is 140 g/mol. The SMILES string of the molecule is Cc1cn[nH]c1-c1ccn[nH]1. The molecule has 0 bridgehead atoms. The van der Waals surface area contributed by atoms with Crippen LogP contribution in [0.2, 0.25) is 0 Å². The van der Waals surface area contributed by atoms with Crippen molar-refractivity contribution >= 4 is 0 Å². The van der Waals surface area contributed by atoms with Gasteiger partial charge in [0.15, 0.2) is 0 Å². The van der Waals surface area contributed by atoms with Gasteiger partial charge in [-0.2, -0.15) is 10.2 Å². The molecule has 0 spiro atoms. The van der Waals surface area contributed by atoms with Crippen molar-refractivity contribution in [1.82, 2.24) is 20.4 Å². The molecule has 0 radical (unpaired) electrons. The summed E-state index contributed by atoms with van der Waals surface area (Å²) in [5, 5.41) is 13.5. The second-order valence-electron chi connectivity index (χ2n) is 2.40. The minimum Gasteiger partial charge on any atom is -0.276 e. The van der Waals surface area contributed by atoms with E-state index < -0.39 is 0 Å². The van der Waals surface area contributed by atoms with E-state index in [1.54, 1.807) is 12.4 Å². The first-order chi connectivity index (χ1) is 5.38. The van der Waals surface area contributed by atoms with Gasteiger partial charge in [0.1, 0.15) is 0 Å². The Morgan fingerprint density at radius 1 is 1.27 bits per heavy atom. The van der Waals surface area contributed by atoms with E-state index in [1.807, 2.05) is 13.0 Å². The highest BCUT2D eigenvalue weighted by atomic mass is 15.1. The summed E-state index contributed by atoms with van der Waals surface area (Å²) in [7, 11) is 0. The fourth-order valence-corrected chi connectivity index (χ4v) is 1.01. The van der Waals surface area contributed by atoms with Crippen molar-refractivity contribution in [3.63, 3.8) is 0 Å². The number of nitrogens with one attached hydrogen (secondary N) is 2. The minimum absolute atomic E-state index is 0.972. The zero-order valence-corrected chi connectivity index (χ0v) is 6.13. The highest BCUT2D eigenvalue weighted by Gasteiger charge is 2.02. The van der Waals surface area contributed by atoms with Gasteiger partial charge in [-0.05, 0) is 18.6 Å². The van der Waals surface area contributed by atoms with Crippen LogP contribution in [0.1, 0.15) is 5.56 Å². The number of H-pyrrole nitrogens is 2. The van der Waals surface area contributed by atoms with Gasteiger partial charge in [0.2, 0.25) is 0 Å². The van der Waals surface area contributed by atoms with E-state index >= 15 is 0 Å². The lowest BCUT2D eigenvalue weighted by molar-refractivity contribution is 1.06. The molecule has 0 unspecified atom stereocenters. The first-order valence-corrected chi connectivity index (χ1v) is 3.37. The molecule has 0 aromatic carbocycles. The Bertz CT molecular complexity index is 333. The van der Waals surface area contributed by atoms with Gasteiger partial charge in [-0.1, -0.05) is 0 Å². The Morgan fingerprint density at radius 2 is 2.18 bits per heavy atom. The van der Waals surface area contributed by atoms with E-state index in [4.69, 9.17) is 0 Å². The maximum atomic E-state index is 3.90. The summed E-state index contributed by atoms with van der Waals surface area (Å²) in [6.45, 7) is 2.00. The number of rotatable bonds is 1. The molecule has 56 valence electrons. The van der Waals surface area contributed by atoms with Crippen LogP contribution < -0.4 is 0 Å². The van der Waals surface area contributed by atoms with Gasteiger partial charge in [-0.25, -0.2) is 0 Å². The third kappa shape index (κ3) is 0.920. The smallest absolute Gasteiger partial charge is 0.0857 e. The van der Waals surface area contributed by atoms with Crippen molar-refractivity contribution < 1.29 is 0 Å². The third-order valence-electron chi connectivity index (χ3n) is 1.60. The van der Waals surface area contributed by atoms with Crippen LogP contribution in [-0.4, -0.2) is 20.4 Å². The fraction of sp³-hybridized carbons (Fsp3) is 0.143. The maximum Gasteiger partial charge on any atom is 0.0857 e. The largest absolute Gasteiger partial charge is 0.276 e. The van der Waals surface area contributed by atoms with Crippen LogP contribution >= 0.6 is 0 Å². The van der Waals surface area contributed by atoms with E-state index in [1.165, 1.54) is 0 Å². The van der Waals surface area contributed by atoms with Crippen molar-refractivity contribution in [2.24, 2.45) is 0 Å². The first-order valence-electron chi connectivity index (χ1n) is 3.37. The van der Waals surface area contributed by atoms with Crippen LogP contribution in [0.25, 0.3) is 11.4 Å². The second-order valence-corrected chi connectivity index (χ2v) is 2.40. The summed E-state index contributed by atoms with van der Waals surface area (Å²) in [6, 6.07) is 1.90. The highest BCUT2D eigenvalue weighted by Crippen LogP contribution is 2.15. The standard InChI is InChI=1S/C7H8N4/c1-5-4-9-11-7(5)6-2-3-8-10-6/h2-4H,1H3,(H,8,10)(H,9,11). The van der Waals surface area contributed by atoms with E-state index in [9.17, 15) is 0 Å². The molecular formula is C7H8N4. The molecule has 0 aliphatic heterocycles. The molecule has 0 saturated heterocycles. The lowest BCUT2D eigenvalue weighted by Crippen LogP contribution is -1.80. The summed E-state index contributed by atoms with van der Waals surface area (Å²) in [4.78, 5) is 0. The summed E-state index contributed by atoms with van der Waals surface area (Å²) in [6.07, 6.45) is 3.51. The van der Waals surface area contributed by atoms with Crippen LogP contribution in [0.3, 0.4) is 0 Å². The molecule has 2 rings (SSSR count). The molecule has 0 fully saturated rings. The van der Waals surface area contributed by atoms with Gasteiger partial charge in [0.25, 0.3) is 0 Å². The predicted molar refractivity (Wildman–Crippen MR) is 40.9 cm³/mol. The highest BCUT2D eigenvalue weighted by molar-refractivity contribution is 5.56. The van der Waals surface area contributed by atoms with Gasteiger partial charge < -0.3 is 0 Å². The van der Waals surface area contributed by atoms with Crippen LogP contribution in [0.15, 0.2) is 18.5 Å². The summed E-state index contributed by atoms with van der Waals surface area (Å²) >= 11 is 0. The Morgan fingerprint density at radius 3 is 2.73 bits per heavy atom. The van der Waals surface area contributed by atoms with Crippen LogP contribution in [0, 0.1) is 6.92 Å². The van der Waals surface area contributed by atoms with Crippen LogP contribution in [0.4, 0.5) is 0 Å². The van der Waals surface area contributed by atoms with Crippen LogP contribution in [-0.2, 0) is 0 Å². The van der Waals surface area contributed by atoms with Gasteiger partial charge in [-0.3, -0.25) is 10.2 Å². The molecule has 2 aromatic heterocycles. The van der Waals surface area contributed by atoms with E-state index in [-0.39, 0.29) is 0 Å². The second kappa shape index (κ2) is 2.23. The average Bonchev–Trinajstić information content (AvgIpc) is 2.55. The van der Waals surface area contributed by atoms with Crippen LogP contribution in [0.5, 0.6) is 0 Å². The molecule has 0 aliphatic rings. The summed E-state index contributed by atoms with van der Waals surface area (Å²) < 4.78 is 0. The number of aromatic amines is 2. The molecule has 4 nitrogen and oxygen atoms in total. The Kier molecular flexibility index (Phi) is 1.25. The number of aryl methyl sites for hydroxylation is 1. The minimum atomic E-state index is 0.972. The monoisotopic (exact) mass is 148 g/mol. The Balaban J connectivity index is 2.53. The number of nitrogens with zero attached hydrogens (tertiary/aromatic N) is 2. The lowest BCUT2D eigenvalue weighted by Gasteiger charge is -1.91. The van der Waals surface area contributed by atoms with E-state index in [2.05, 4.69) is 20.4 Å². The van der Waals surface area contributed by atoms with Crippen molar-refractivity contribution in [3.05, 3.63) is 24.0 Å². The van der Waals surface area contributed by atoms with Gasteiger partial charge in [-0.15, -0.1) is 0 Å². The lowest BCUT2D eigenvalue weighted by atomic mass is 10.2. The Hall–Kier alpha value is -1.58. The van der Waals surface area contributed by atoms with Crippen molar-refractivity contribution in [2.45, 2.75) is 6.92 Å². The van der Waals surface area contributed by atoms with Gasteiger partial charge >= 0.3 is 0 Å². The van der Waals surface area contributed by atoms with Gasteiger partial charge in [0.05, 0.1) is 17.6 Å². The molecule has 0 atom stereocenters. The molecule has 0 amide bonds. The molecule has 2 heterocycles. The van der Waals surface area contributed by atoms with E-state index in [0.29, 0.717) is 0 Å². The average molecular weight is 148 g/mol. The fourth-order valence-electron chi connectivity index (χ4n) is 1.01. The Labute approximate surface area is 63.6 Å². The summed E-state index contributed by atoms with van der Waals surface area (Å²) in [5.74, 6) is 0.